The summed E-state index contributed by atoms with van der Waals surface area (Å²) in [6.07, 6.45) is 2.90. The van der Waals surface area contributed by atoms with E-state index in [0.29, 0.717) is 30.8 Å². The average molecular weight is 387 g/mol. The number of rotatable bonds is 3. The van der Waals surface area contributed by atoms with Gasteiger partial charge >= 0.3 is 5.97 Å². The molecule has 5 aliphatic rings. The van der Waals surface area contributed by atoms with Crippen molar-refractivity contribution in [3.63, 3.8) is 0 Å². The smallest absolute Gasteiger partial charge is 0.308 e. The van der Waals surface area contributed by atoms with Crippen LogP contribution in [0, 0.1) is 5.92 Å². The third-order valence-corrected chi connectivity index (χ3v) is 7.93. The number of carbonyl (C=O) groups excluding carboxylic acids is 1. The Kier molecular flexibility index (Phi) is 3.37. The number of alkyl halides is 1. The van der Waals surface area contributed by atoms with Gasteiger partial charge in [-0.1, -0.05) is 6.07 Å². The second-order valence-electron chi connectivity index (χ2n) is 9.42. The van der Waals surface area contributed by atoms with E-state index >= 15 is 4.39 Å². The van der Waals surface area contributed by atoms with E-state index < -0.39 is 29.3 Å². The van der Waals surface area contributed by atoms with Gasteiger partial charge in [-0.15, -0.1) is 0 Å². The molecule has 2 aliphatic heterocycles. The number of carbonyl (C=O) groups is 1. The number of hydrogen-bond donors (Lipinski definition) is 1. The van der Waals surface area contributed by atoms with Gasteiger partial charge in [0.05, 0.1) is 11.0 Å². The topological polar surface area (TPSA) is 59.0 Å². The molecular formula is C22H26FNO4. The fourth-order valence-corrected chi connectivity index (χ4v) is 6.65. The summed E-state index contributed by atoms with van der Waals surface area (Å²) in [5, 5.41) is 12.1. The fraction of sp³-hybridized carbons (Fsp3) is 0.682. The number of piperidine rings is 1. The lowest BCUT2D eigenvalue weighted by molar-refractivity contribution is -0.199. The van der Waals surface area contributed by atoms with E-state index in [9.17, 15) is 9.90 Å². The van der Waals surface area contributed by atoms with Gasteiger partial charge in [0, 0.05) is 25.1 Å². The summed E-state index contributed by atoms with van der Waals surface area (Å²) in [5.41, 5.74) is 0.274. The van der Waals surface area contributed by atoms with Crippen molar-refractivity contribution in [2.75, 3.05) is 13.1 Å². The molecular weight excluding hydrogens is 361 g/mol. The number of hydrogen-bond acceptors (Lipinski definition) is 5. The average Bonchev–Trinajstić information content (AvgIpc) is 3.38. The van der Waals surface area contributed by atoms with Crippen LogP contribution in [0.15, 0.2) is 12.1 Å². The molecule has 0 radical (unpaired) electrons. The van der Waals surface area contributed by atoms with Gasteiger partial charge in [-0.2, -0.15) is 0 Å². The lowest BCUT2D eigenvalue weighted by Gasteiger charge is -2.63. The zero-order valence-corrected chi connectivity index (χ0v) is 16.1. The maximum Gasteiger partial charge on any atom is 0.308 e. The predicted octanol–water partition coefficient (Wildman–Crippen LogP) is 2.51. The molecule has 2 saturated carbocycles. The summed E-state index contributed by atoms with van der Waals surface area (Å²) in [6.45, 7) is 3.24. The number of benzene rings is 1. The van der Waals surface area contributed by atoms with Gasteiger partial charge in [0.2, 0.25) is 0 Å². The molecule has 2 bridgehead atoms. The standard InChI is InChI=1S/C22H26FNO4/c1-12(25)27-16-5-4-14-10-17-22(26)7-6-15(23)20-21(22,18(14)19(16)28-20)8-9-24(17)11-13-2-3-13/h4-5,13,15,17,20,26H,2-3,6-11H2,1H3/t15-,17-,20+,21+,22-/m1/s1. The molecule has 1 spiro atoms. The minimum atomic E-state index is -1.13. The van der Waals surface area contributed by atoms with Gasteiger partial charge in [0.25, 0.3) is 0 Å². The Morgan fingerprint density at radius 1 is 1.36 bits per heavy atom. The Morgan fingerprint density at radius 3 is 2.93 bits per heavy atom. The van der Waals surface area contributed by atoms with E-state index in [0.717, 1.165) is 36.6 Å². The maximum atomic E-state index is 15.1. The molecule has 2 heterocycles. The van der Waals surface area contributed by atoms with Gasteiger partial charge in [-0.3, -0.25) is 9.69 Å². The van der Waals surface area contributed by atoms with E-state index in [-0.39, 0.29) is 6.04 Å². The van der Waals surface area contributed by atoms with Gasteiger partial charge in [-0.25, -0.2) is 4.39 Å². The quantitative estimate of drug-likeness (QED) is 0.638. The van der Waals surface area contributed by atoms with Crippen LogP contribution >= 0.6 is 0 Å². The molecule has 6 rings (SSSR count). The molecule has 3 fully saturated rings. The SMILES string of the molecule is CC(=O)Oc1ccc2c3c1O[C@H]1[C@H](F)CC[C@@]4(O)[C@@H](C2)N(CC2CC2)CC[C@]314. The van der Waals surface area contributed by atoms with E-state index in [1.165, 1.54) is 19.8 Å². The molecule has 150 valence electrons. The van der Waals surface area contributed by atoms with Crippen molar-refractivity contribution in [1.29, 1.82) is 0 Å². The third kappa shape index (κ3) is 2.00. The van der Waals surface area contributed by atoms with Crippen molar-refractivity contribution >= 4 is 5.97 Å². The highest BCUT2D eigenvalue weighted by Gasteiger charge is 2.73. The summed E-state index contributed by atoms with van der Waals surface area (Å²) in [6, 6.07) is 3.75. The lowest BCUT2D eigenvalue weighted by Crippen LogP contribution is -2.76. The van der Waals surface area contributed by atoms with Crippen molar-refractivity contribution in [1.82, 2.24) is 4.90 Å². The number of esters is 1. The molecule has 28 heavy (non-hydrogen) atoms. The zero-order chi connectivity index (χ0) is 19.3. The van der Waals surface area contributed by atoms with Crippen molar-refractivity contribution in [3.05, 3.63) is 23.3 Å². The van der Waals surface area contributed by atoms with Crippen LogP contribution in [0.25, 0.3) is 0 Å². The first-order chi connectivity index (χ1) is 13.4. The van der Waals surface area contributed by atoms with Crippen LogP contribution in [-0.4, -0.2) is 53.0 Å². The Hall–Kier alpha value is -1.66. The van der Waals surface area contributed by atoms with Crippen LogP contribution in [0.2, 0.25) is 0 Å². The monoisotopic (exact) mass is 387 g/mol. The van der Waals surface area contributed by atoms with Crippen molar-refractivity contribution in [2.45, 2.75) is 74.8 Å². The second-order valence-corrected chi connectivity index (χ2v) is 9.42. The van der Waals surface area contributed by atoms with E-state index in [2.05, 4.69) is 4.90 Å². The summed E-state index contributed by atoms with van der Waals surface area (Å²) in [4.78, 5) is 14.0. The molecule has 1 N–H and O–H groups in total. The molecule has 3 aliphatic carbocycles. The number of ether oxygens (including phenoxy) is 2. The maximum absolute atomic E-state index is 15.1. The fourth-order valence-electron chi connectivity index (χ4n) is 6.65. The third-order valence-electron chi connectivity index (χ3n) is 7.93. The van der Waals surface area contributed by atoms with Crippen LogP contribution in [0.1, 0.15) is 50.2 Å². The number of nitrogens with zero attached hydrogens (tertiary/aromatic N) is 1. The Labute approximate surface area is 163 Å². The highest BCUT2D eigenvalue weighted by Crippen LogP contribution is 2.66. The number of likely N-dealkylation sites (tertiary alicyclic amines) is 1. The van der Waals surface area contributed by atoms with Crippen LogP contribution in [-0.2, 0) is 16.6 Å². The van der Waals surface area contributed by atoms with E-state index in [1.54, 1.807) is 6.07 Å². The molecule has 0 aromatic heterocycles. The first kappa shape index (κ1) is 17.2. The Bertz CT molecular complexity index is 870. The summed E-state index contributed by atoms with van der Waals surface area (Å²) in [7, 11) is 0. The Morgan fingerprint density at radius 2 is 2.18 bits per heavy atom. The zero-order valence-electron chi connectivity index (χ0n) is 16.1. The minimum absolute atomic E-state index is 0.00141. The van der Waals surface area contributed by atoms with Crippen molar-refractivity contribution in [2.24, 2.45) is 5.92 Å². The predicted molar refractivity (Wildman–Crippen MR) is 99.3 cm³/mol. The van der Waals surface area contributed by atoms with Gasteiger partial charge in [-0.05, 0) is 62.6 Å². The largest absolute Gasteiger partial charge is 0.482 e. The van der Waals surface area contributed by atoms with Crippen LogP contribution < -0.4 is 9.47 Å². The van der Waals surface area contributed by atoms with Crippen LogP contribution in [0.5, 0.6) is 11.5 Å². The van der Waals surface area contributed by atoms with E-state index in [4.69, 9.17) is 9.47 Å². The van der Waals surface area contributed by atoms with Crippen molar-refractivity contribution < 1.29 is 23.8 Å². The number of aliphatic hydroxyl groups is 1. The van der Waals surface area contributed by atoms with Gasteiger partial charge in [0.15, 0.2) is 11.5 Å². The molecule has 0 unspecified atom stereocenters. The Balaban J connectivity index is 1.53. The first-order valence-corrected chi connectivity index (χ1v) is 10.6. The molecule has 6 heteroatoms. The molecule has 5 atom stereocenters. The van der Waals surface area contributed by atoms with Gasteiger partial charge < -0.3 is 14.6 Å². The molecule has 0 amide bonds. The van der Waals surface area contributed by atoms with Crippen LogP contribution in [0.3, 0.4) is 0 Å². The van der Waals surface area contributed by atoms with Gasteiger partial charge in [0.1, 0.15) is 12.3 Å². The normalized spacial score (nSPS) is 40.6. The summed E-state index contributed by atoms with van der Waals surface area (Å²) >= 11 is 0. The summed E-state index contributed by atoms with van der Waals surface area (Å²) in [5.74, 6) is 1.15. The summed E-state index contributed by atoms with van der Waals surface area (Å²) < 4.78 is 26.7. The van der Waals surface area contributed by atoms with E-state index in [1.807, 2.05) is 6.07 Å². The minimum Gasteiger partial charge on any atom is -0.482 e. The molecule has 1 aromatic carbocycles. The molecule has 5 nitrogen and oxygen atoms in total. The number of halogens is 1. The second kappa shape index (κ2) is 5.48. The molecule has 1 aromatic rings. The highest BCUT2D eigenvalue weighted by molar-refractivity contribution is 5.72. The lowest BCUT2D eigenvalue weighted by atomic mass is 9.49. The highest BCUT2D eigenvalue weighted by atomic mass is 19.1. The first-order valence-electron chi connectivity index (χ1n) is 10.6. The van der Waals surface area contributed by atoms with Crippen LogP contribution in [0.4, 0.5) is 4.39 Å². The molecule has 1 saturated heterocycles. The van der Waals surface area contributed by atoms with Crippen molar-refractivity contribution in [3.8, 4) is 11.5 Å².